The zero-order valence-corrected chi connectivity index (χ0v) is 16.6. The number of hydrogen-bond donors (Lipinski definition) is 2. The minimum atomic E-state index is -2.98. The van der Waals surface area contributed by atoms with Gasteiger partial charge in [-0.25, -0.2) is 18.0 Å². The molecule has 1 aromatic heterocycles. The second kappa shape index (κ2) is 6.47. The SMILES string of the molecule is Cc1c(N2CC3=CCCC(F)(F)C(N)C3C2)c(F)cc2c(=O)[nH]c(=O)n(C3CC3)c12. The van der Waals surface area contributed by atoms with Gasteiger partial charge in [0.2, 0.25) is 0 Å². The van der Waals surface area contributed by atoms with Gasteiger partial charge in [-0.1, -0.05) is 6.08 Å². The zero-order valence-electron chi connectivity index (χ0n) is 16.6. The third-order valence-electron chi connectivity index (χ3n) is 6.69. The van der Waals surface area contributed by atoms with Crippen molar-refractivity contribution in [3.8, 4) is 0 Å². The Morgan fingerprint density at radius 1 is 1.27 bits per heavy atom. The van der Waals surface area contributed by atoms with Crippen molar-refractivity contribution in [3.63, 3.8) is 0 Å². The lowest BCUT2D eigenvalue weighted by molar-refractivity contribution is -0.0402. The van der Waals surface area contributed by atoms with Crippen LogP contribution in [0.3, 0.4) is 0 Å². The fraction of sp³-hybridized carbons (Fsp3) is 0.524. The van der Waals surface area contributed by atoms with Crippen LogP contribution in [0.4, 0.5) is 18.9 Å². The van der Waals surface area contributed by atoms with Crippen molar-refractivity contribution in [1.29, 1.82) is 0 Å². The normalized spacial score (nSPS) is 25.9. The van der Waals surface area contributed by atoms with Crippen LogP contribution in [0.2, 0.25) is 0 Å². The number of fused-ring (bicyclic) bond motifs is 2. The van der Waals surface area contributed by atoms with E-state index >= 15 is 4.39 Å². The van der Waals surface area contributed by atoms with Crippen LogP contribution in [0.1, 0.15) is 37.3 Å². The first-order valence-corrected chi connectivity index (χ1v) is 10.2. The molecule has 9 heteroatoms. The van der Waals surface area contributed by atoms with Gasteiger partial charge in [-0.2, -0.15) is 0 Å². The number of anilines is 1. The number of alkyl halides is 2. The number of nitrogens with two attached hydrogens (primary N) is 1. The molecule has 2 unspecified atom stereocenters. The molecule has 1 saturated heterocycles. The highest BCUT2D eigenvalue weighted by Crippen LogP contribution is 2.42. The maximum atomic E-state index is 15.2. The number of allylic oxidation sites excluding steroid dienone is 1. The largest absolute Gasteiger partial charge is 0.364 e. The molecule has 0 amide bonds. The van der Waals surface area contributed by atoms with Crippen LogP contribution >= 0.6 is 0 Å². The van der Waals surface area contributed by atoms with Gasteiger partial charge in [-0.3, -0.25) is 14.3 Å². The number of rotatable bonds is 2. The molecule has 2 heterocycles. The fourth-order valence-corrected chi connectivity index (χ4v) is 5.03. The maximum absolute atomic E-state index is 15.2. The van der Waals surface area contributed by atoms with Gasteiger partial charge in [0.05, 0.1) is 22.6 Å². The van der Waals surface area contributed by atoms with Gasteiger partial charge in [0.15, 0.2) is 0 Å². The van der Waals surface area contributed by atoms with E-state index in [2.05, 4.69) is 4.98 Å². The summed E-state index contributed by atoms with van der Waals surface area (Å²) in [5.74, 6) is -4.15. The lowest BCUT2D eigenvalue weighted by atomic mass is 9.92. The Labute approximate surface area is 170 Å². The fourth-order valence-electron chi connectivity index (χ4n) is 5.03. The van der Waals surface area contributed by atoms with Gasteiger partial charge < -0.3 is 10.6 Å². The standard InChI is InChI=1S/C21H23F3N4O2/c1-10-16-13(19(29)26-20(30)28(16)12-4-5-12)7-15(22)17(10)27-8-11-3-2-6-21(23,24)18(25)14(11)9-27/h3,7,12,14,18H,2,4-6,8-9,25H2,1H3,(H,26,29,30). The summed E-state index contributed by atoms with van der Waals surface area (Å²) < 4.78 is 45.3. The summed E-state index contributed by atoms with van der Waals surface area (Å²) in [5, 5.41) is 0.121. The number of H-pyrrole nitrogens is 1. The van der Waals surface area contributed by atoms with Crippen LogP contribution in [0.5, 0.6) is 0 Å². The number of nitrogens with one attached hydrogen (secondary N) is 1. The Hall–Kier alpha value is -2.55. The Bertz CT molecular complexity index is 1200. The average molecular weight is 420 g/mol. The van der Waals surface area contributed by atoms with E-state index < -0.39 is 34.9 Å². The third kappa shape index (κ3) is 2.82. The van der Waals surface area contributed by atoms with Crippen molar-refractivity contribution in [3.05, 3.63) is 49.9 Å². The van der Waals surface area contributed by atoms with E-state index in [9.17, 15) is 18.4 Å². The highest BCUT2D eigenvalue weighted by molar-refractivity contribution is 5.87. The number of nitrogens with zero attached hydrogens (tertiary/aromatic N) is 2. The second-order valence-corrected chi connectivity index (χ2v) is 8.68. The molecular weight excluding hydrogens is 397 g/mol. The Morgan fingerprint density at radius 2 is 2.00 bits per heavy atom. The average Bonchev–Trinajstić information content (AvgIpc) is 3.43. The molecule has 2 atom stereocenters. The van der Waals surface area contributed by atoms with Crippen molar-refractivity contribution < 1.29 is 13.2 Å². The number of aromatic amines is 1. The summed E-state index contributed by atoms with van der Waals surface area (Å²) in [7, 11) is 0. The molecule has 6 nitrogen and oxygen atoms in total. The first-order chi connectivity index (χ1) is 14.2. The summed E-state index contributed by atoms with van der Waals surface area (Å²) in [6.07, 6.45) is 3.38. The van der Waals surface area contributed by atoms with Crippen molar-refractivity contribution in [2.75, 3.05) is 18.0 Å². The van der Waals surface area contributed by atoms with Crippen molar-refractivity contribution >= 4 is 16.6 Å². The predicted octanol–water partition coefficient (Wildman–Crippen LogP) is 2.59. The number of benzene rings is 1. The van der Waals surface area contributed by atoms with Gasteiger partial charge in [0.1, 0.15) is 5.82 Å². The number of aryl methyl sites for hydroxylation is 1. The first-order valence-electron chi connectivity index (χ1n) is 10.2. The molecule has 1 saturated carbocycles. The molecule has 2 aliphatic carbocycles. The minimum Gasteiger partial charge on any atom is -0.364 e. The Morgan fingerprint density at radius 3 is 2.70 bits per heavy atom. The predicted molar refractivity (Wildman–Crippen MR) is 108 cm³/mol. The van der Waals surface area contributed by atoms with Gasteiger partial charge in [-0.05, 0) is 37.8 Å². The van der Waals surface area contributed by atoms with Gasteiger partial charge in [0.25, 0.3) is 11.5 Å². The van der Waals surface area contributed by atoms with E-state index in [0.29, 0.717) is 17.6 Å². The molecule has 0 spiro atoms. The molecule has 160 valence electrons. The molecule has 30 heavy (non-hydrogen) atoms. The Balaban J connectivity index is 1.66. The van der Waals surface area contributed by atoms with Crippen molar-refractivity contribution in [2.24, 2.45) is 11.7 Å². The van der Waals surface area contributed by atoms with Gasteiger partial charge in [-0.15, -0.1) is 0 Å². The topological polar surface area (TPSA) is 84.1 Å². The smallest absolute Gasteiger partial charge is 0.329 e. The molecule has 0 bridgehead atoms. The molecule has 1 aliphatic heterocycles. The van der Waals surface area contributed by atoms with Crippen LogP contribution in [-0.4, -0.2) is 34.6 Å². The van der Waals surface area contributed by atoms with Crippen LogP contribution in [-0.2, 0) is 0 Å². The lowest BCUT2D eigenvalue weighted by Gasteiger charge is -2.28. The van der Waals surface area contributed by atoms with Gasteiger partial charge in [0, 0.05) is 37.0 Å². The van der Waals surface area contributed by atoms with Crippen LogP contribution < -0.4 is 21.9 Å². The number of hydrogen-bond acceptors (Lipinski definition) is 4. The van der Waals surface area contributed by atoms with E-state index in [1.54, 1.807) is 17.9 Å². The molecule has 2 aromatic rings. The van der Waals surface area contributed by atoms with Crippen molar-refractivity contribution in [1.82, 2.24) is 9.55 Å². The minimum absolute atomic E-state index is 0.0200. The maximum Gasteiger partial charge on any atom is 0.329 e. The molecular formula is C21H23F3N4O2. The van der Waals surface area contributed by atoms with E-state index in [1.807, 2.05) is 0 Å². The summed E-state index contributed by atoms with van der Waals surface area (Å²) in [5.41, 5.74) is 6.70. The number of halogens is 3. The quantitative estimate of drug-likeness (QED) is 0.732. The molecule has 5 rings (SSSR count). The summed E-state index contributed by atoms with van der Waals surface area (Å²) in [6, 6.07) is -0.202. The van der Waals surface area contributed by atoms with E-state index in [4.69, 9.17) is 5.73 Å². The molecule has 0 radical (unpaired) electrons. The number of aromatic nitrogens is 2. The molecule has 3 N–H and O–H groups in total. The van der Waals surface area contributed by atoms with E-state index in [0.717, 1.165) is 24.5 Å². The van der Waals surface area contributed by atoms with E-state index in [-0.39, 0.29) is 36.5 Å². The molecule has 2 fully saturated rings. The first kappa shape index (κ1) is 19.4. The van der Waals surface area contributed by atoms with Crippen molar-refractivity contribution in [2.45, 2.75) is 50.6 Å². The van der Waals surface area contributed by atoms with Crippen LogP contribution in [0.15, 0.2) is 27.3 Å². The molecule has 3 aliphatic rings. The lowest BCUT2D eigenvalue weighted by Crippen LogP contribution is -2.47. The van der Waals surface area contributed by atoms with E-state index in [1.165, 1.54) is 4.57 Å². The van der Waals surface area contributed by atoms with Crippen LogP contribution in [0.25, 0.3) is 10.9 Å². The zero-order chi connectivity index (χ0) is 21.4. The summed E-state index contributed by atoms with van der Waals surface area (Å²) >= 11 is 0. The summed E-state index contributed by atoms with van der Waals surface area (Å²) in [4.78, 5) is 28.8. The van der Waals surface area contributed by atoms with Crippen LogP contribution in [0, 0.1) is 18.7 Å². The highest BCUT2D eigenvalue weighted by Gasteiger charge is 2.47. The third-order valence-corrected chi connectivity index (χ3v) is 6.69. The highest BCUT2D eigenvalue weighted by atomic mass is 19.3. The Kier molecular flexibility index (Phi) is 4.19. The summed E-state index contributed by atoms with van der Waals surface area (Å²) in [6.45, 7) is 2.15. The van der Waals surface area contributed by atoms with Gasteiger partial charge >= 0.3 is 5.69 Å². The monoisotopic (exact) mass is 420 g/mol. The second-order valence-electron chi connectivity index (χ2n) is 8.68. The molecule has 1 aromatic carbocycles.